The molecule has 0 aromatic heterocycles. The molecule has 2 aliphatic rings. The van der Waals surface area contributed by atoms with Gasteiger partial charge in [-0.25, -0.2) is 0 Å². The molecule has 1 aliphatic heterocycles. The number of amidine groups is 1. The standard InChI is InChI=1S/C13H12N2O.C13H12.C11H13N/c14-13(15)9-5-3-7-11-12(9)8-4-1-2-6-10(8)16-11;1-11-7-9-13(10-8-11)12-5-3-2-4-6-12;1-3-9(2)11-6-4-10(8-12)5-7-11/h1-7,11-12H,(H3,14,15);2-10H,1H3;3-7H,1-2,8,12H2. The first-order valence-corrected chi connectivity index (χ1v) is 13.6. The van der Waals surface area contributed by atoms with Gasteiger partial charge in [-0.15, -0.1) is 0 Å². The van der Waals surface area contributed by atoms with Crippen molar-refractivity contribution in [1.82, 2.24) is 0 Å². The lowest BCUT2D eigenvalue weighted by molar-refractivity contribution is 0.267. The molecule has 0 fully saturated rings. The van der Waals surface area contributed by atoms with Crippen molar-refractivity contribution < 1.29 is 4.74 Å². The topological polar surface area (TPSA) is 85.1 Å². The number of nitrogens with two attached hydrogens (primary N) is 2. The Hall–Kier alpha value is -4.93. The molecule has 1 aliphatic carbocycles. The van der Waals surface area contributed by atoms with E-state index in [1.54, 1.807) is 6.08 Å². The van der Waals surface area contributed by atoms with Gasteiger partial charge < -0.3 is 16.2 Å². The van der Waals surface area contributed by atoms with Crippen LogP contribution in [0.15, 0.2) is 146 Å². The second-order valence-corrected chi connectivity index (χ2v) is 9.88. The number of benzene rings is 4. The molecule has 41 heavy (non-hydrogen) atoms. The largest absolute Gasteiger partial charge is 0.485 e. The summed E-state index contributed by atoms with van der Waals surface area (Å²) in [6.45, 7) is 10.2. The summed E-state index contributed by atoms with van der Waals surface area (Å²) in [5.41, 5.74) is 20.1. The lowest BCUT2D eigenvalue weighted by Crippen LogP contribution is -2.27. The van der Waals surface area contributed by atoms with Crippen molar-refractivity contribution >= 4 is 11.4 Å². The maximum atomic E-state index is 7.60. The zero-order valence-electron chi connectivity index (χ0n) is 23.5. The van der Waals surface area contributed by atoms with E-state index in [0.29, 0.717) is 6.54 Å². The van der Waals surface area contributed by atoms with E-state index in [1.807, 2.05) is 72.8 Å². The van der Waals surface area contributed by atoms with Crippen LogP contribution >= 0.6 is 0 Å². The van der Waals surface area contributed by atoms with E-state index in [2.05, 4.69) is 68.6 Å². The first-order chi connectivity index (χ1) is 19.9. The molecule has 0 bridgehead atoms. The smallest absolute Gasteiger partial charge is 0.128 e. The number of hydrogen-bond acceptors (Lipinski definition) is 3. The van der Waals surface area contributed by atoms with E-state index in [0.717, 1.165) is 33.6 Å². The van der Waals surface area contributed by atoms with Gasteiger partial charge in [0.2, 0.25) is 0 Å². The second-order valence-electron chi connectivity index (χ2n) is 9.88. The summed E-state index contributed by atoms with van der Waals surface area (Å²) in [4.78, 5) is 0. The molecule has 206 valence electrons. The minimum absolute atomic E-state index is 0.0127. The van der Waals surface area contributed by atoms with Crippen molar-refractivity contribution in [2.75, 3.05) is 0 Å². The molecule has 0 spiro atoms. The number of para-hydroxylation sites is 1. The highest BCUT2D eigenvalue weighted by molar-refractivity contribution is 5.97. The highest BCUT2D eigenvalue weighted by Gasteiger charge is 2.37. The fourth-order valence-electron chi connectivity index (χ4n) is 4.71. The number of fused-ring (bicyclic) bond motifs is 3. The number of allylic oxidation sites excluding steroid dienone is 4. The van der Waals surface area contributed by atoms with E-state index in [-0.39, 0.29) is 17.9 Å². The monoisotopic (exact) mass is 539 g/mol. The van der Waals surface area contributed by atoms with Gasteiger partial charge in [0.15, 0.2) is 0 Å². The van der Waals surface area contributed by atoms with Gasteiger partial charge in [0, 0.05) is 17.7 Å². The average Bonchev–Trinajstić information content (AvgIpc) is 3.41. The summed E-state index contributed by atoms with van der Waals surface area (Å²) in [5, 5.41) is 7.60. The molecule has 4 nitrogen and oxygen atoms in total. The van der Waals surface area contributed by atoms with Gasteiger partial charge in [-0.1, -0.05) is 134 Å². The van der Waals surface area contributed by atoms with Crippen molar-refractivity contribution in [2.24, 2.45) is 11.5 Å². The molecule has 2 atom stereocenters. The third kappa shape index (κ3) is 7.38. The van der Waals surface area contributed by atoms with Crippen molar-refractivity contribution in [2.45, 2.75) is 25.5 Å². The molecule has 4 heteroatoms. The molecule has 4 aromatic rings. The summed E-state index contributed by atoms with van der Waals surface area (Å²) in [7, 11) is 0. The fourth-order valence-corrected chi connectivity index (χ4v) is 4.71. The predicted molar refractivity (Wildman–Crippen MR) is 173 cm³/mol. The Kier molecular flexibility index (Phi) is 9.87. The Bertz CT molecular complexity index is 1550. The molecule has 5 N–H and O–H groups in total. The van der Waals surface area contributed by atoms with Crippen LogP contribution in [0, 0.1) is 12.3 Å². The van der Waals surface area contributed by atoms with Crippen LogP contribution in [0.25, 0.3) is 16.7 Å². The lowest BCUT2D eigenvalue weighted by Gasteiger charge is -2.21. The summed E-state index contributed by atoms with van der Waals surface area (Å²) in [6.07, 6.45) is 7.55. The molecule has 6 rings (SSSR count). The summed E-state index contributed by atoms with van der Waals surface area (Å²) in [5.74, 6) is 1.11. The Labute approximate surface area is 243 Å². The maximum Gasteiger partial charge on any atom is 0.128 e. The van der Waals surface area contributed by atoms with Gasteiger partial charge in [-0.3, -0.25) is 5.41 Å². The van der Waals surface area contributed by atoms with Gasteiger partial charge in [-0.05, 0) is 46.9 Å². The normalized spacial score (nSPS) is 15.8. The maximum absolute atomic E-state index is 7.60. The zero-order valence-corrected chi connectivity index (χ0v) is 23.5. The summed E-state index contributed by atoms with van der Waals surface area (Å²) < 4.78 is 5.81. The van der Waals surface area contributed by atoms with Crippen molar-refractivity contribution in [3.05, 3.63) is 168 Å². The summed E-state index contributed by atoms with van der Waals surface area (Å²) in [6, 6.07) is 35.0. The second kappa shape index (κ2) is 13.9. The number of ether oxygens (including phenoxy) is 1. The van der Waals surface area contributed by atoms with Crippen LogP contribution in [0.2, 0.25) is 0 Å². The van der Waals surface area contributed by atoms with Gasteiger partial charge in [0.05, 0.1) is 5.92 Å². The highest BCUT2D eigenvalue weighted by atomic mass is 16.5. The average molecular weight is 540 g/mol. The first kappa shape index (κ1) is 29.1. The van der Waals surface area contributed by atoms with E-state index in [1.165, 1.54) is 16.7 Å². The van der Waals surface area contributed by atoms with E-state index in [4.69, 9.17) is 21.6 Å². The van der Waals surface area contributed by atoms with Crippen LogP contribution in [-0.4, -0.2) is 11.9 Å². The van der Waals surface area contributed by atoms with Crippen LogP contribution < -0.4 is 16.2 Å². The third-order valence-corrected chi connectivity index (χ3v) is 7.03. The molecule has 1 heterocycles. The minimum Gasteiger partial charge on any atom is -0.485 e. The first-order valence-electron chi connectivity index (χ1n) is 13.6. The SMILES string of the molecule is C=CC(=C)c1ccc(CN)cc1.Cc1ccc(-c2ccccc2)cc1.N=C(N)C1=CC=CC2Oc3ccccc3C12. The molecule has 0 amide bonds. The van der Waals surface area contributed by atoms with Crippen molar-refractivity contribution in [3.8, 4) is 16.9 Å². The van der Waals surface area contributed by atoms with E-state index < -0.39 is 0 Å². The third-order valence-electron chi connectivity index (χ3n) is 7.03. The molecule has 2 unspecified atom stereocenters. The lowest BCUT2D eigenvalue weighted by atomic mass is 9.84. The molecule has 0 saturated carbocycles. The van der Waals surface area contributed by atoms with Crippen LogP contribution in [0.5, 0.6) is 5.75 Å². The van der Waals surface area contributed by atoms with E-state index >= 15 is 0 Å². The number of aryl methyl sites for hydroxylation is 1. The molecule has 4 aromatic carbocycles. The van der Waals surface area contributed by atoms with Crippen LogP contribution in [0.1, 0.15) is 28.2 Å². The van der Waals surface area contributed by atoms with Crippen LogP contribution in [0.3, 0.4) is 0 Å². The molecule has 0 radical (unpaired) electrons. The van der Waals surface area contributed by atoms with Gasteiger partial charge in [-0.2, -0.15) is 0 Å². The molecule has 0 saturated heterocycles. The Balaban J connectivity index is 0.000000144. The Morgan fingerprint density at radius 2 is 1.51 bits per heavy atom. The van der Waals surface area contributed by atoms with Gasteiger partial charge >= 0.3 is 0 Å². The number of rotatable bonds is 5. The minimum atomic E-state index is -0.0127. The van der Waals surface area contributed by atoms with Crippen molar-refractivity contribution in [1.29, 1.82) is 5.41 Å². The number of nitrogens with one attached hydrogen (secondary N) is 1. The van der Waals surface area contributed by atoms with Crippen LogP contribution in [0.4, 0.5) is 0 Å². The highest BCUT2D eigenvalue weighted by Crippen LogP contribution is 2.44. The Morgan fingerprint density at radius 1 is 0.878 bits per heavy atom. The van der Waals surface area contributed by atoms with Gasteiger partial charge in [0.25, 0.3) is 0 Å². The fraction of sp³-hybridized carbons (Fsp3) is 0.108. The zero-order chi connectivity index (χ0) is 29.2. The van der Waals surface area contributed by atoms with E-state index in [9.17, 15) is 0 Å². The van der Waals surface area contributed by atoms with Crippen LogP contribution in [-0.2, 0) is 6.54 Å². The van der Waals surface area contributed by atoms with Crippen molar-refractivity contribution in [3.63, 3.8) is 0 Å². The van der Waals surface area contributed by atoms with Gasteiger partial charge in [0.1, 0.15) is 17.7 Å². The number of hydrogen-bond donors (Lipinski definition) is 3. The molecular weight excluding hydrogens is 502 g/mol. The quantitative estimate of drug-likeness (QED) is 0.137. The molecular formula is C37H37N3O. The predicted octanol–water partition coefficient (Wildman–Crippen LogP) is 7.97. The summed E-state index contributed by atoms with van der Waals surface area (Å²) >= 11 is 0. The Morgan fingerprint density at radius 3 is 2.15 bits per heavy atom.